The fraction of sp³-hybridized carbons (Fsp3) is 0.550. The summed E-state index contributed by atoms with van der Waals surface area (Å²) in [5, 5.41) is 7.24. The Morgan fingerprint density at radius 2 is 2.12 bits per heavy atom. The molecule has 2 atom stereocenters. The Morgan fingerprint density at radius 1 is 1.31 bits per heavy atom. The molecule has 26 heavy (non-hydrogen) atoms. The van der Waals surface area contributed by atoms with Crippen LogP contribution in [0, 0.1) is 5.92 Å². The Bertz CT molecular complexity index is 701. The van der Waals surface area contributed by atoms with E-state index in [2.05, 4.69) is 29.3 Å². The molecule has 140 valence electrons. The average Bonchev–Trinajstić information content (AvgIpc) is 3.00. The number of nitrogens with one attached hydrogen (secondary N) is 1. The van der Waals surface area contributed by atoms with E-state index in [9.17, 15) is 4.79 Å². The van der Waals surface area contributed by atoms with Crippen LogP contribution in [-0.4, -0.2) is 34.2 Å². The molecule has 2 heterocycles. The summed E-state index contributed by atoms with van der Waals surface area (Å²) in [6.07, 6.45) is 4.96. The topological polar surface area (TPSA) is 71.3 Å². The molecule has 1 saturated heterocycles. The van der Waals surface area contributed by atoms with E-state index in [0.29, 0.717) is 17.6 Å². The standard InChI is InChI=1S/C20H28N4O2/c1-3-8-17-21-19(23-26-17)18(16-10-5-4-6-11-16)22-20(25)24-13-7-9-15(2)12-14-24/h4-6,10-11,15,18H,3,7-9,12-14H2,1-2H3,(H,22,25). The lowest BCUT2D eigenvalue weighted by atomic mass is 10.0. The lowest BCUT2D eigenvalue weighted by Crippen LogP contribution is -2.42. The molecule has 3 rings (SSSR count). The molecular weight excluding hydrogens is 328 g/mol. The first-order chi connectivity index (χ1) is 12.7. The van der Waals surface area contributed by atoms with Crippen LogP contribution < -0.4 is 5.32 Å². The smallest absolute Gasteiger partial charge is 0.318 e. The molecule has 0 aliphatic carbocycles. The third kappa shape index (κ3) is 4.62. The van der Waals surface area contributed by atoms with Crippen molar-refractivity contribution in [2.45, 2.75) is 52.0 Å². The predicted molar refractivity (Wildman–Crippen MR) is 99.7 cm³/mol. The fourth-order valence-corrected chi connectivity index (χ4v) is 3.32. The van der Waals surface area contributed by atoms with Crippen molar-refractivity contribution in [2.75, 3.05) is 13.1 Å². The molecule has 6 nitrogen and oxygen atoms in total. The SMILES string of the molecule is CCCc1nc(C(NC(=O)N2CCCC(C)CC2)c2ccccc2)no1. The number of carbonyl (C=O) groups is 1. The molecule has 1 aliphatic heterocycles. The van der Waals surface area contributed by atoms with Crippen molar-refractivity contribution in [3.8, 4) is 0 Å². The van der Waals surface area contributed by atoms with Crippen molar-refractivity contribution in [3.63, 3.8) is 0 Å². The van der Waals surface area contributed by atoms with Gasteiger partial charge in [-0.2, -0.15) is 4.98 Å². The minimum atomic E-state index is -0.404. The van der Waals surface area contributed by atoms with Crippen molar-refractivity contribution in [1.82, 2.24) is 20.4 Å². The van der Waals surface area contributed by atoms with Gasteiger partial charge in [0, 0.05) is 19.5 Å². The van der Waals surface area contributed by atoms with Crippen LogP contribution in [0.15, 0.2) is 34.9 Å². The molecule has 6 heteroatoms. The zero-order chi connectivity index (χ0) is 18.4. The monoisotopic (exact) mass is 356 g/mol. The molecule has 1 aromatic heterocycles. The van der Waals surface area contributed by atoms with E-state index in [4.69, 9.17) is 4.52 Å². The molecule has 0 spiro atoms. The summed E-state index contributed by atoms with van der Waals surface area (Å²) in [6, 6.07) is 9.35. The lowest BCUT2D eigenvalue weighted by molar-refractivity contribution is 0.196. The number of urea groups is 1. The van der Waals surface area contributed by atoms with Crippen molar-refractivity contribution in [3.05, 3.63) is 47.6 Å². The van der Waals surface area contributed by atoms with Crippen LogP contribution in [0.25, 0.3) is 0 Å². The summed E-state index contributed by atoms with van der Waals surface area (Å²) in [5.74, 6) is 1.80. The van der Waals surface area contributed by atoms with Crippen molar-refractivity contribution >= 4 is 6.03 Å². The molecule has 1 fully saturated rings. The van der Waals surface area contributed by atoms with Gasteiger partial charge in [-0.25, -0.2) is 4.79 Å². The van der Waals surface area contributed by atoms with Gasteiger partial charge in [-0.3, -0.25) is 0 Å². The van der Waals surface area contributed by atoms with Crippen LogP contribution >= 0.6 is 0 Å². The molecule has 2 amide bonds. The summed E-state index contributed by atoms with van der Waals surface area (Å²) in [7, 11) is 0. The third-order valence-corrected chi connectivity index (χ3v) is 4.91. The Morgan fingerprint density at radius 3 is 2.88 bits per heavy atom. The quantitative estimate of drug-likeness (QED) is 0.881. The number of nitrogens with zero attached hydrogens (tertiary/aromatic N) is 3. The van der Waals surface area contributed by atoms with Crippen molar-refractivity contribution in [1.29, 1.82) is 0 Å². The van der Waals surface area contributed by atoms with E-state index >= 15 is 0 Å². The van der Waals surface area contributed by atoms with Crippen molar-refractivity contribution < 1.29 is 9.32 Å². The van der Waals surface area contributed by atoms with E-state index < -0.39 is 6.04 Å². The van der Waals surface area contributed by atoms with Gasteiger partial charge in [0.1, 0.15) is 6.04 Å². The van der Waals surface area contributed by atoms with Gasteiger partial charge in [0.25, 0.3) is 0 Å². The highest BCUT2D eigenvalue weighted by molar-refractivity contribution is 5.75. The van der Waals surface area contributed by atoms with Gasteiger partial charge < -0.3 is 14.7 Å². The molecular formula is C20H28N4O2. The maximum atomic E-state index is 12.9. The first kappa shape index (κ1) is 18.4. The van der Waals surface area contributed by atoms with E-state index in [-0.39, 0.29) is 6.03 Å². The first-order valence-corrected chi connectivity index (χ1v) is 9.60. The number of benzene rings is 1. The minimum absolute atomic E-state index is 0.0604. The van der Waals surface area contributed by atoms with Crippen LogP contribution in [0.1, 0.15) is 62.9 Å². The summed E-state index contributed by atoms with van der Waals surface area (Å²) >= 11 is 0. The highest BCUT2D eigenvalue weighted by Crippen LogP contribution is 2.22. The second kappa shape index (κ2) is 8.83. The van der Waals surface area contributed by atoms with Gasteiger partial charge in [-0.15, -0.1) is 0 Å². The minimum Gasteiger partial charge on any atom is -0.339 e. The zero-order valence-electron chi connectivity index (χ0n) is 15.6. The number of aromatic nitrogens is 2. The second-order valence-corrected chi connectivity index (χ2v) is 7.11. The van der Waals surface area contributed by atoms with Crippen LogP contribution in [0.2, 0.25) is 0 Å². The van der Waals surface area contributed by atoms with Crippen molar-refractivity contribution in [2.24, 2.45) is 5.92 Å². The van der Waals surface area contributed by atoms with Gasteiger partial charge in [-0.1, -0.05) is 49.3 Å². The molecule has 0 saturated carbocycles. The van der Waals surface area contributed by atoms with Crippen LogP contribution in [0.4, 0.5) is 4.79 Å². The van der Waals surface area contributed by atoms with E-state index in [1.165, 1.54) is 6.42 Å². The normalized spacial score (nSPS) is 19.0. The van der Waals surface area contributed by atoms with Crippen LogP contribution in [-0.2, 0) is 6.42 Å². The molecule has 2 aromatic rings. The van der Waals surface area contributed by atoms with E-state index in [1.807, 2.05) is 35.2 Å². The zero-order valence-corrected chi connectivity index (χ0v) is 15.6. The van der Waals surface area contributed by atoms with Gasteiger partial charge in [-0.05, 0) is 37.2 Å². The van der Waals surface area contributed by atoms with Crippen LogP contribution in [0.5, 0.6) is 0 Å². The number of carbonyl (C=O) groups excluding carboxylic acids is 1. The molecule has 1 aromatic carbocycles. The average molecular weight is 356 g/mol. The number of hydrogen-bond donors (Lipinski definition) is 1. The molecule has 2 unspecified atom stereocenters. The Kier molecular flexibility index (Phi) is 6.26. The van der Waals surface area contributed by atoms with Crippen LogP contribution in [0.3, 0.4) is 0 Å². The van der Waals surface area contributed by atoms with E-state index in [1.54, 1.807) is 0 Å². The summed E-state index contributed by atoms with van der Waals surface area (Å²) in [6.45, 7) is 5.91. The number of rotatable bonds is 5. The maximum Gasteiger partial charge on any atom is 0.318 e. The highest BCUT2D eigenvalue weighted by Gasteiger charge is 2.26. The Balaban J connectivity index is 1.78. The number of amides is 2. The maximum absolute atomic E-state index is 12.9. The predicted octanol–water partition coefficient (Wildman–Crippen LogP) is 3.94. The highest BCUT2D eigenvalue weighted by atomic mass is 16.5. The van der Waals surface area contributed by atoms with Gasteiger partial charge in [0.15, 0.2) is 5.82 Å². The first-order valence-electron chi connectivity index (χ1n) is 9.60. The second-order valence-electron chi connectivity index (χ2n) is 7.11. The summed E-state index contributed by atoms with van der Waals surface area (Å²) in [4.78, 5) is 19.3. The number of hydrogen-bond acceptors (Lipinski definition) is 4. The van der Waals surface area contributed by atoms with Gasteiger partial charge in [0.05, 0.1) is 0 Å². The molecule has 1 aliphatic rings. The number of likely N-dealkylation sites (tertiary alicyclic amines) is 1. The van der Waals surface area contributed by atoms with Gasteiger partial charge >= 0.3 is 6.03 Å². The fourth-order valence-electron chi connectivity index (χ4n) is 3.32. The van der Waals surface area contributed by atoms with E-state index in [0.717, 1.165) is 44.3 Å². The molecule has 0 radical (unpaired) electrons. The Hall–Kier alpha value is -2.37. The Labute approximate surface area is 155 Å². The molecule has 1 N–H and O–H groups in total. The summed E-state index contributed by atoms with van der Waals surface area (Å²) < 4.78 is 5.34. The lowest BCUT2D eigenvalue weighted by Gasteiger charge is -2.24. The summed E-state index contributed by atoms with van der Waals surface area (Å²) in [5.41, 5.74) is 0.952. The third-order valence-electron chi connectivity index (χ3n) is 4.91. The number of aryl methyl sites for hydroxylation is 1. The van der Waals surface area contributed by atoms with Gasteiger partial charge in [0.2, 0.25) is 5.89 Å². The largest absolute Gasteiger partial charge is 0.339 e. The molecule has 0 bridgehead atoms.